The quantitative estimate of drug-likeness (QED) is 0.385. The van der Waals surface area contributed by atoms with Gasteiger partial charge in [-0.05, 0) is 25.0 Å². The molecule has 2 N–H and O–H groups in total. The van der Waals surface area contributed by atoms with Crippen LogP contribution in [0.25, 0.3) is 0 Å². The largest absolute Gasteiger partial charge is 0.379 e. The van der Waals surface area contributed by atoms with Gasteiger partial charge in [-0.1, -0.05) is 0 Å². The van der Waals surface area contributed by atoms with Crippen molar-refractivity contribution >= 4 is 51.3 Å². The van der Waals surface area contributed by atoms with Crippen LogP contribution in [-0.2, 0) is 21.3 Å². The number of halogens is 1. The molecule has 2 heterocycles. The van der Waals surface area contributed by atoms with Crippen LogP contribution in [0, 0.1) is 0 Å². The zero-order valence-corrected chi connectivity index (χ0v) is 17.5. The van der Waals surface area contributed by atoms with E-state index in [1.807, 2.05) is 18.0 Å². The first-order chi connectivity index (χ1) is 11.0. The highest BCUT2D eigenvalue weighted by Gasteiger charge is 2.28. The maximum Gasteiger partial charge on any atom is 0.252 e. The lowest BCUT2D eigenvalue weighted by atomic mass is 10.5. The summed E-state index contributed by atoms with van der Waals surface area (Å²) in [5.74, 6) is 0.512. The monoisotopic (exact) mass is 486 g/mol. The molecule has 7 nitrogen and oxygen atoms in total. The molecule has 0 spiro atoms. The minimum atomic E-state index is -3.42. The molecule has 2 fully saturated rings. The Labute approximate surface area is 163 Å². The van der Waals surface area contributed by atoms with Gasteiger partial charge in [0.05, 0.1) is 19.8 Å². The second-order valence-electron chi connectivity index (χ2n) is 5.75. The van der Waals surface area contributed by atoms with Crippen LogP contribution in [0.1, 0.15) is 17.7 Å². The van der Waals surface area contributed by atoms with Crippen LogP contribution in [0.2, 0.25) is 0 Å². The molecule has 0 radical (unpaired) electrons. The predicted molar refractivity (Wildman–Crippen MR) is 105 cm³/mol. The van der Waals surface area contributed by atoms with Gasteiger partial charge in [-0.3, -0.25) is 0 Å². The topological polar surface area (TPSA) is 88.2 Å². The van der Waals surface area contributed by atoms with Crippen molar-refractivity contribution in [1.29, 1.82) is 0 Å². The maximum absolute atomic E-state index is 12.6. The first-order valence-corrected chi connectivity index (χ1v) is 9.93. The summed E-state index contributed by atoms with van der Waals surface area (Å²) in [6.45, 7) is 2.13. The zero-order chi connectivity index (χ0) is 16.4. The number of guanidine groups is 1. The molecule has 2 aliphatic rings. The highest BCUT2D eigenvalue weighted by atomic mass is 127. The van der Waals surface area contributed by atoms with Crippen LogP contribution in [0.3, 0.4) is 0 Å². The number of rotatable bonds is 5. The Morgan fingerprint density at radius 2 is 2.08 bits per heavy atom. The van der Waals surface area contributed by atoms with Crippen molar-refractivity contribution in [3.8, 4) is 0 Å². The van der Waals surface area contributed by atoms with Crippen molar-refractivity contribution in [2.75, 3.05) is 33.4 Å². The molecular weight excluding hydrogens is 463 g/mol. The number of ether oxygens (including phenoxy) is 1. The summed E-state index contributed by atoms with van der Waals surface area (Å²) in [6, 6.07) is 3.98. The Balaban J connectivity index is 0.00000208. The highest BCUT2D eigenvalue weighted by molar-refractivity contribution is 14.0. The number of hydrogen-bond donors (Lipinski definition) is 1. The van der Waals surface area contributed by atoms with E-state index in [9.17, 15) is 8.42 Å². The Morgan fingerprint density at radius 1 is 1.42 bits per heavy atom. The lowest BCUT2D eigenvalue weighted by Crippen LogP contribution is -2.40. The minimum absolute atomic E-state index is 0. The van der Waals surface area contributed by atoms with E-state index in [4.69, 9.17) is 10.5 Å². The molecule has 24 heavy (non-hydrogen) atoms. The van der Waals surface area contributed by atoms with Crippen molar-refractivity contribution in [3.63, 3.8) is 0 Å². The summed E-state index contributed by atoms with van der Waals surface area (Å²) in [5, 5.41) is 0. The molecule has 1 saturated carbocycles. The number of sulfonamides is 1. The molecule has 10 heteroatoms. The Morgan fingerprint density at radius 3 is 2.71 bits per heavy atom. The van der Waals surface area contributed by atoms with Gasteiger partial charge in [0.1, 0.15) is 4.21 Å². The lowest BCUT2D eigenvalue weighted by molar-refractivity contribution is 0.0731. The van der Waals surface area contributed by atoms with Crippen LogP contribution < -0.4 is 5.73 Å². The predicted octanol–water partition coefficient (Wildman–Crippen LogP) is 1.30. The van der Waals surface area contributed by atoms with Crippen molar-refractivity contribution in [2.24, 2.45) is 10.7 Å². The number of nitrogens with two attached hydrogens (primary N) is 1. The average molecular weight is 486 g/mol. The fraction of sp³-hybridized carbons (Fsp3) is 0.643. The first-order valence-electron chi connectivity index (χ1n) is 7.68. The van der Waals surface area contributed by atoms with Gasteiger partial charge in [-0.25, -0.2) is 13.4 Å². The van der Waals surface area contributed by atoms with E-state index in [-0.39, 0.29) is 24.0 Å². The van der Waals surface area contributed by atoms with Crippen LogP contribution in [0.15, 0.2) is 21.3 Å². The summed E-state index contributed by atoms with van der Waals surface area (Å²) in [6.07, 6.45) is 2.32. The summed E-state index contributed by atoms with van der Waals surface area (Å²) in [4.78, 5) is 7.24. The van der Waals surface area contributed by atoms with E-state index in [0.29, 0.717) is 49.1 Å². The van der Waals surface area contributed by atoms with Crippen molar-refractivity contribution in [3.05, 3.63) is 17.0 Å². The van der Waals surface area contributed by atoms with E-state index in [1.165, 1.54) is 15.6 Å². The van der Waals surface area contributed by atoms with Gasteiger partial charge in [0.15, 0.2) is 5.96 Å². The van der Waals surface area contributed by atoms with Gasteiger partial charge in [0.2, 0.25) is 0 Å². The molecule has 1 saturated heterocycles. The zero-order valence-electron chi connectivity index (χ0n) is 13.6. The normalized spacial score (nSPS) is 19.8. The fourth-order valence-corrected chi connectivity index (χ4v) is 5.26. The number of nitrogens with zero attached hydrogens (tertiary/aromatic N) is 3. The molecular formula is C14H23IN4O3S2. The van der Waals surface area contributed by atoms with Gasteiger partial charge >= 0.3 is 0 Å². The number of hydrogen-bond acceptors (Lipinski definition) is 5. The Bertz CT molecular complexity index is 682. The lowest BCUT2D eigenvalue weighted by Gasteiger charge is -2.25. The Hall–Kier alpha value is -0.430. The summed E-state index contributed by atoms with van der Waals surface area (Å²) < 4.78 is 32.2. The highest BCUT2D eigenvalue weighted by Crippen LogP contribution is 2.27. The fourth-order valence-electron chi connectivity index (χ4n) is 2.42. The minimum Gasteiger partial charge on any atom is -0.379 e. The summed E-state index contributed by atoms with van der Waals surface area (Å²) >= 11 is 1.26. The second-order valence-corrected chi connectivity index (χ2v) is 9.09. The molecule has 0 unspecified atom stereocenters. The molecule has 1 aliphatic carbocycles. The molecule has 136 valence electrons. The summed E-state index contributed by atoms with van der Waals surface area (Å²) in [5.41, 5.74) is 5.96. The molecule has 0 aromatic carbocycles. The number of thiophene rings is 1. The summed E-state index contributed by atoms with van der Waals surface area (Å²) in [7, 11) is -1.47. The van der Waals surface area contributed by atoms with E-state index in [0.717, 1.165) is 17.7 Å². The van der Waals surface area contributed by atoms with Gasteiger partial charge in [0, 0.05) is 31.1 Å². The SMILES string of the molecule is CN(C(N)=NCc1ccc(S(=O)(=O)N2CCOCC2)s1)C1CC1.I. The third-order valence-corrected chi connectivity index (χ3v) is 7.49. The molecule has 1 aromatic heterocycles. The smallest absolute Gasteiger partial charge is 0.252 e. The van der Waals surface area contributed by atoms with E-state index >= 15 is 0 Å². The standard InChI is InChI=1S/C14H22N4O3S2.HI/c1-17(11-2-3-11)14(15)16-10-12-4-5-13(22-12)23(19,20)18-6-8-21-9-7-18;/h4-5,11H,2-3,6-10H2,1H3,(H2,15,16);1H. The Kier molecular flexibility index (Phi) is 6.88. The van der Waals surface area contributed by atoms with Crippen LogP contribution >= 0.6 is 35.3 Å². The van der Waals surface area contributed by atoms with E-state index < -0.39 is 10.0 Å². The maximum atomic E-state index is 12.6. The van der Waals surface area contributed by atoms with Gasteiger partial charge in [0.25, 0.3) is 10.0 Å². The average Bonchev–Trinajstić information content (AvgIpc) is 3.30. The number of morpholine rings is 1. The second kappa shape index (κ2) is 8.30. The van der Waals surface area contributed by atoms with Gasteiger partial charge in [-0.2, -0.15) is 4.31 Å². The molecule has 0 atom stereocenters. The number of aliphatic imine (C=N–C) groups is 1. The first kappa shape index (κ1) is 19.9. The van der Waals surface area contributed by atoms with Gasteiger partial charge < -0.3 is 15.4 Å². The molecule has 3 rings (SSSR count). The molecule has 1 aliphatic heterocycles. The molecule has 0 bridgehead atoms. The molecule has 1 aromatic rings. The third kappa shape index (κ3) is 4.59. The van der Waals surface area contributed by atoms with Crippen LogP contribution in [0.5, 0.6) is 0 Å². The van der Waals surface area contributed by atoms with E-state index in [2.05, 4.69) is 4.99 Å². The van der Waals surface area contributed by atoms with Crippen LogP contribution in [-0.4, -0.2) is 63.0 Å². The van der Waals surface area contributed by atoms with Crippen molar-refractivity contribution < 1.29 is 13.2 Å². The van der Waals surface area contributed by atoms with Crippen molar-refractivity contribution in [1.82, 2.24) is 9.21 Å². The van der Waals surface area contributed by atoms with Crippen LogP contribution in [0.4, 0.5) is 0 Å². The van der Waals surface area contributed by atoms with E-state index in [1.54, 1.807) is 6.07 Å². The third-order valence-electron chi connectivity index (χ3n) is 4.05. The molecule has 0 amide bonds. The van der Waals surface area contributed by atoms with Crippen molar-refractivity contribution in [2.45, 2.75) is 29.6 Å². The van der Waals surface area contributed by atoms with Gasteiger partial charge in [-0.15, -0.1) is 35.3 Å².